The van der Waals surface area contributed by atoms with Crippen molar-refractivity contribution in [2.75, 3.05) is 6.61 Å². The molecule has 0 fully saturated rings. The summed E-state index contributed by atoms with van der Waals surface area (Å²) in [5.41, 5.74) is 0.754. The van der Waals surface area contributed by atoms with E-state index in [9.17, 15) is 4.79 Å². The van der Waals surface area contributed by atoms with Crippen molar-refractivity contribution in [3.05, 3.63) is 23.8 Å². The number of nitrogens with zero attached hydrogens (tertiary/aromatic N) is 5. The van der Waals surface area contributed by atoms with Gasteiger partial charge in [0, 0.05) is 9.64 Å². The standard InChI is InChI=1S/C17H19N5O2S/c1-5-8-24-12-7-6-10(25-17(2,3)4)9-11(12)14-18-15-13(16(23)19-14)20-22-21-15/h6-7,9H,5,8H2,1-4H3. The van der Waals surface area contributed by atoms with E-state index in [-0.39, 0.29) is 22.1 Å². The van der Waals surface area contributed by atoms with E-state index in [1.54, 1.807) is 11.8 Å². The van der Waals surface area contributed by atoms with Gasteiger partial charge in [-0.25, -0.2) is 4.99 Å². The number of benzene rings is 1. The lowest BCUT2D eigenvalue weighted by molar-refractivity contribution is -0.111. The smallest absolute Gasteiger partial charge is 0.303 e. The molecule has 1 aromatic carbocycles. The number of carbonyl (C=O) groups is 1. The first-order valence-corrected chi connectivity index (χ1v) is 8.86. The van der Waals surface area contributed by atoms with E-state index in [0.29, 0.717) is 17.9 Å². The Morgan fingerprint density at radius 2 is 1.96 bits per heavy atom. The maximum atomic E-state index is 12.1. The highest BCUT2D eigenvalue weighted by atomic mass is 32.2. The topological polar surface area (TPSA) is 88.1 Å². The molecule has 2 heterocycles. The molecule has 0 saturated carbocycles. The summed E-state index contributed by atoms with van der Waals surface area (Å²) >= 11 is 1.72. The molecule has 130 valence electrons. The molecule has 0 atom stereocenters. The van der Waals surface area contributed by atoms with Crippen LogP contribution in [0.3, 0.4) is 0 Å². The molecule has 0 radical (unpaired) electrons. The minimum absolute atomic E-state index is 0.0542. The molecular weight excluding hydrogens is 338 g/mol. The van der Waals surface area contributed by atoms with Crippen LogP contribution in [0.5, 0.6) is 5.75 Å². The number of hydrogen-bond acceptors (Lipinski definition) is 7. The minimum Gasteiger partial charge on any atom is -0.493 e. The minimum atomic E-state index is -0.486. The molecule has 0 aromatic heterocycles. The maximum Gasteiger partial charge on any atom is 0.303 e. The van der Waals surface area contributed by atoms with Gasteiger partial charge in [0.2, 0.25) is 11.5 Å². The van der Waals surface area contributed by atoms with E-state index >= 15 is 0 Å². The molecule has 0 bridgehead atoms. The zero-order chi connectivity index (χ0) is 18.0. The highest BCUT2D eigenvalue weighted by Gasteiger charge is 2.29. The first-order chi connectivity index (χ1) is 11.9. The molecule has 0 N–H and O–H groups in total. The van der Waals surface area contributed by atoms with Gasteiger partial charge in [-0.2, -0.15) is 4.99 Å². The zero-order valence-electron chi connectivity index (χ0n) is 14.6. The van der Waals surface area contributed by atoms with Crippen LogP contribution in [0.15, 0.2) is 48.5 Å². The number of amidine groups is 2. The predicted molar refractivity (Wildman–Crippen MR) is 99.1 cm³/mol. The Morgan fingerprint density at radius 3 is 2.68 bits per heavy atom. The molecule has 2 aliphatic rings. The number of carbonyl (C=O) groups excluding carboxylic acids is 1. The van der Waals surface area contributed by atoms with Gasteiger partial charge < -0.3 is 4.74 Å². The molecular formula is C17H19N5O2S. The van der Waals surface area contributed by atoms with Gasteiger partial charge in [-0.15, -0.1) is 22.0 Å². The summed E-state index contributed by atoms with van der Waals surface area (Å²) in [6.07, 6.45) is 0.878. The van der Waals surface area contributed by atoms with Gasteiger partial charge in [0.25, 0.3) is 0 Å². The third kappa shape index (κ3) is 4.01. The van der Waals surface area contributed by atoms with Crippen molar-refractivity contribution in [1.82, 2.24) is 0 Å². The molecule has 8 heteroatoms. The van der Waals surface area contributed by atoms with Crippen molar-refractivity contribution in [2.45, 2.75) is 43.8 Å². The Bertz CT molecular complexity index is 834. The summed E-state index contributed by atoms with van der Waals surface area (Å²) in [6, 6.07) is 5.85. The fraction of sp³-hybridized carbons (Fsp3) is 0.412. The van der Waals surface area contributed by atoms with Gasteiger partial charge in [0.15, 0.2) is 5.84 Å². The van der Waals surface area contributed by atoms with E-state index in [1.165, 1.54) is 0 Å². The average Bonchev–Trinajstić information content (AvgIpc) is 3.01. The highest BCUT2D eigenvalue weighted by Crippen LogP contribution is 2.35. The largest absolute Gasteiger partial charge is 0.493 e. The average molecular weight is 357 g/mol. The Hall–Kier alpha value is -2.35. The summed E-state index contributed by atoms with van der Waals surface area (Å²) < 4.78 is 5.87. The van der Waals surface area contributed by atoms with E-state index in [0.717, 1.165) is 11.3 Å². The summed E-state index contributed by atoms with van der Waals surface area (Å²) in [4.78, 5) is 21.6. The second kappa shape index (κ2) is 6.87. The number of hydrogen-bond donors (Lipinski definition) is 0. The van der Waals surface area contributed by atoms with Gasteiger partial charge in [0.1, 0.15) is 5.75 Å². The number of rotatable bonds is 5. The van der Waals surface area contributed by atoms with Crippen LogP contribution in [0, 0.1) is 0 Å². The Morgan fingerprint density at radius 1 is 1.16 bits per heavy atom. The lowest BCUT2D eigenvalue weighted by atomic mass is 10.1. The lowest BCUT2D eigenvalue weighted by Crippen LogP contribution is -2.26. The van der Waals surface area contributed by atoms with Crippen molar-refractivity contribution in [3.63, 3.8) is 0 Å². The molecule has 3 rings (SSSR count). The third-order valence-corrected chi connectivity index (χ3v) is 4.30. The van der Waals surface area contributed by atoms with Crippen LogP contribution in [0.1, 0.15) is 39.7 Å². The Labute approximate surface area is 150 Å². The fourth-order valence-electron chi connectivity index (χ4n) is 2.25. The number of amides is 1. The molecule has 1 amide bonds. The molecule has 0 saturated heterocycles. The maximum absolute atomic E-state index is 12.1. The third-order valence-electron chi connectivity index (χ3n) is 3.20. The van der Waals surface area contributed by atoms with Gasteiger partial charge in [-0.05, 0) is 29.8 Å². The van der Waals surface area contributed by atoms with Crippen molar-refractivity contribution in [3.8, 4) is 5.75 Å². The van der Waals surface area contributed by atoms with E-state index < -0.39 is 5.91 Å². The van der Waals surface area contributed by atoms with Crippen LogP contribution in [-0.4, -0.2) is 34.6 Å². The highest BCUT2D eigenvalue weighted by molar-refractivity contribution is 8.00. The van der Waals surface area contributed by atoms with Gasteiger partial charge in [-0.3, -0.25) is 4.79 Å². The number of fused-ring (bicyclic) bond motifs is 1. The van der Waals surface area contributed by atoms with Crippen molar-refractivity contribution >= 4 is 35.1 Å². The molecule has 25 heavy (non-hydrogen) atoms. The summed E-state index contributed by atoms with van der Waals surface area (Å²) in [5.74, 6) is 0.638. The van der Waals surface area contributed by atoms with Crippen LogP contribution < -0.4 is 4.74 Å². The number of aliphatic imine (C=N–C) groups is 2. The van der Waals surface area contributed by atoms with Crippen LogP contribution in [0.2, 0.25) is 0 Å². The number of ether oxygens (including phenoxy) is 1. The van der Waals surface area contributed by atoms with E-state index in [1.807, 2.05) is 25.1 Å². The fourth-order valence-corrected chi connectivity index (χ4v) is 3.27. The molecule has 0 aliphatic carbocycles. The van der Waals surface area contributed by atoms with Gasteiger partial charge in [0.05, 0.1) is 12.2 Å². The summed E-state index contributed by atoms with van der Waals surface area (Å²) in [5, 5.41) is 10.9. The Kier molecular flexibility index (Phi) is 4.80. The van der Waals surface area contributed by atoms with Gasteiger partial charge in [-0.1, -0.05) is 27.7 Å². The quantitative estimate of drug-likeness (QED) is 0.749. The monoisotopic (exact) mass is 357 g/mol. The van der Waals surface area contributed by atoms with Crippen LogP contribution in [0.25, 0.3) is 0 Å². The first-order valence-electron chi connectivity index (χ1n) is 8.04. The normalized spacial score (nSPS) is 16.3. The molecule has 0 spiro atoms. The summed E-state index contributed by atoms with van der Waals surface area (Å²) in [6.45, 7) is 9.03. The molecule has 2 aliphatic heterocycles. The first kappa shape index (κ1) is 17.5. The number of thioether (sulfide) groups is 1. The van der Waals surface area contributed by atoms with Crippen molar-refractivity contribution < 1.29 is 9.53 Å². The van der Waals surface area contributed by atoms with Crippen LogP contribution >= 0.6 is 11.8 Å². The van der Waals surface area contributed by atoms with Crippen LogP contribution in [0.4, 0.5) is 0 Å². The Balaban J connectivity index is 2.02. The zero-order valence-corrected chi connectivity index (χ0v) is 15.4. The molecule has 0 unspecified atom stereocenters. The van der Waals surface area contributed by atoms with Crippen molar-refractivity contribution in [1.29, 1.82) is 0 Å². The predicted octanol–water partition coefficient (Wildman–Crippen LogP) is 3.87. The second-order valence-corrected chi connectivity index (χ2v) is 8.44. The van der Waals surface area contributed by atoms with E-state index in [4.69, 9.17) is 4.74 Å². The van der Waals surface area contributed by atoms with Gasteiger partial charge >= 0.3 is 5.91 Å². The van der Waals surface area contributed by atoms with Crippen molar-refractivity contribution in [2.24, 2.45) is 25.4 Å². The molecule has 7 nitrogen and oxygen atoms in total. The SMILES string of the molecule is CCCOc1ccc(SC(C)(C)C)cc1C1=NC(=O)C2=NN=NC2=N1. The van der Waals surface area contributed by atoms with Crippen LogP contribution in [-0.2, 0) is 4.79 Å². The molecule has 1 aromatic rings. The van der Waals surface area contributed by atoms with E-state index in [2.05, 4.69) is 46.2 Å². The summed E-state index contributed by atoms with van der Waals surface area (Å²) in [7, 11) is 0. The second-order valence-electron chi connectivity index (χ2n) is 6.53. The lowest BCUT2D eigenvalue weighted by Gasteiger charge is -2.19.